The molecule has 23 heavy (non-hydrogen) atoms. The summed E-state index contributed by atoms with van der Waals surface area (Å²) < 4.78 is 38.4. The smallest absolute Gasteiger partial charge is 0.337 e. The third kappa shape index (κ3) is 4.25. The summed E-state index contributed by atoms with van der Waals surface area (Å²) in [6.07, 6.45) is -3.28. The second kappa shape index (κ2) is 6.91. The minimum absolute atomic E-state index is 0.0163. The van der Waals surface area contributed by atoms with Gasteiger partial charge in [0, 0.05) is 25.2 Å². The zero-order valence-electron chi connectivity index (χ0n) is 13.7. The second-order valence-corrected chi connectivity index (χ2v) is 6.46. The van der Waals surface area contributed by atoms with Crippen molar-refractivity contribution in [3.05, 3.63) is 35.4 Å². The third-order valence-corrected chi connectivity index (χ3v) is 4.42. The first-order valence-electron chi connectivity index (χ1n) is 7.87. The van der Waals surface area contributed by atoms with Crippen LogP contribution < -0.4 is 0 Å². The molecule has 6 heteroatoms. The van der Waals surface area contributed by atoms with Crippen molar-refractivity contribution in [3.63, 3.8) is 0 Å². The van der Waals surface area contributed by atoms with Crippen LogP contribution in [0, 0.1) is 5.92 Å². The van der Waals surface area contributed by atoms with Crippen LogP contribution in [-0.2, 0) is 6.18 Å². The average Bonchev–Trinajstić information content (AvgIpc) is 2.43. The molecule has 1 heterocycles. The maximum Gasteiger partial charge on any atom is 0.416 e. The Morgan fingerprint density at radius 2 is 1.96 bits per heavy atom. The quantitative estimate of drug-likeness (QED) is 0.826. The number of halogens is 3. The van der Waals surface area contributed by atoms with Crippen LogP contribution in [0.25, 0.3) is 0 Å². The molecule has 0 aliphatic carbocycles. The topological polar surface area (TPSA) is 23.6 Å². The van der Waals surface area contributed by atoms with E-state index in [1.807, 2.05) is 13.8 Å². The van der Waals surface area contributed by atoms with Crippen molar-refractivity contribution >= 4 is 5.91 Å². The SMILES string of the molecule is CC(C)[C@@H](CN1CCC1)N(C)C(=O)c1cccc(C(F)(F)F)c1. The number of likely N-dealkylation sites (N-methyl/N-ethyl adjacent to an activating group) is 1. The van der Waals surface area contributed by atoms with Gasteiger partial charge in [0.1, 0.15) is 0 Å². The fraction of sp³-hybridized carbons (Fsp3) is 0.588. The predicted molar refractivity (Wildman–Crippen MR) is 83.2 cm³/mol. The van der Waals surface area contributed by atoms with Crippen molar-refractivity contribution in [2.24, 2.45) is 5.92 Å². The summed E-state index contributed by atoms with van der Waals surface area (Å²) in [5.74, 6) is -0.134. The molecule has 0 N–H and O–H groups in total. The van der Waals surface area contributed by atoms with Gasteiger partial charge < -0.3 is 9.80 Å². The van der Waals surface area contributed by atoms with Gasteiger partial charge in [-0.25, -0.2) is 0 Å². The molecule has 0 aromatic heterocycles. The van der Waals surface area contributed by atoms with Crippen molar-refractivity contribution < 1.29 is 18.0 Å². The Bertz CT molecular complexity index is 553. The molecule has 128 valence electrons. The molecule has 1 aliphatic heterocycles. The molecule has 0 saturated carbocycles. The first-order valence-corrected chi connectivity index (χ1v) is 7.87. The highest BCUT2D eigenvalue weighted by atomic mass is 19.4. The van der Waals surface area contributed by atoms with Gasteiger partial charge in [-0.05, 0) is 43.6 Å². The van der Waals surface area contributed by atoms with Crippen molar-refractivity contribution in [3.8, 4) is 0 Å². The molecule has 1 aromatic rings. The fourth-order valence-corrected chi connectivity index (χ4v) is 2.79. The van der Waals surface area contributed by atoms with Crippen LogP contribution in [0.3, 0.4) is 0 Å². The summed E-state index contributed by atoms with van der Waals surface area (Å²) in [5.41, 5.74) is -0.711. The van der Waals surface area contributed by atoms with E-state index < -0.39 is 11.7 Å². The van der Waals surface area contributed by atoms with Gasteiger partial charge >= 0.3 is 6.18 Å². The van der Waals surface area contributed by atoms with Crippen LogP contribution >= 0.6 is 0 Å². The zero-order chi connectivity index (χ0) is 17.2. The lowest BCUT2D eigenvalue weighted by Gasteiger charge is -2.39. The molecular weight excluding hydrogens is 305 g/mol. The highest BCUT2D eigenvalue weighted by Gasteiger charge is 2.32. The number of alkyl halides is 3. The monoisotopic (exact) mass is 328 g/mol. The lowest BCUT2D eigenvalue weighted by Crippen LogP contribution is -2.51. The van der Waals surface area contributed by atoms with Gasteiger partial charge in [-0.15, -0.1) is 0 Å². The van der Waals surface area contributed by atoms with E-state index in [2.05, 4.69) is 4.90 Å². The Kier molecular flexibility index (Phi) is 5.34. The van der Waals surface area contributed by atoms with E-state index in [9.17, 15) is 18.0 Å². The molecule has 0 bridgehead atoms. The summed E-state index contributed by atoms with van der Waals surface area (Å²) in [6.45, 7) is 6.86. The molecule has 1 amide bonds. The Labute approximate surface area is 135 Å². The Morgan fingerprint density at radius 1 is 1.30 bits per heavy atom. The largest absolute Gasteiger partial charge is 0.416 e. The zero-order valence-corrected chi connectivity index (χ0v) is 13.7. The molecule has 1 fully saturated rings. The fourth-order valence-electron chi connectivity index (χ4n) is 2.79. The van der Waals surface area contributed by atoms with Crippen molar-refractivity contribution in [1.29, 1.82) is 0 Å². The van der Waals surface area contributed by atoms with Crippen molar-refractivity contribution in [1.82, 2.24) is 9.80 Å². The van der Waals surface area contributed by atoms with E-state index in [4.69, 9.17) is 0 Å². The minimum Gasteiger partial charge on any atom is -0.337 e. The summed E-state index contributed by atoms with van der Waals surface area (Å²) in [4.78, 5) is 16.4. The number of hydrogen-bond acceptors (Lipinski definition) is 2. The maximum atomic E-state index is 12.8. The lowest BCUT2D eigenvalue weighted by atomic mass is 9.99. The maximum absolute atomic E-state index is 12.8. The highest BCUT2D eigenvalue weighted by Crippen LogP contribution is 2.30. The highest BCUT2D eigenvalue weighted by molar-refractivity contribution is 5.94. The number of benzene rings is 1. The molecule has 0 unspecified atom stereocenters. The second-order valence-electron chi connectivity index (χ2n) is 6.46. The molecule has 1 saturated heterocycles. The van der Waals surface area contributed by atoms with Gasteiger partial charge in [0.2, 0.25) is 0 Å². The molecule has 1 aromatic carbocycles. The van der Waals surface area contributed by atoms with Crippen LogP contribution in [0.1, 0.15) is 36.2 Å². The van der Waals surface area contributed by atoms with Crippen molar-refractivity contribution in [2.75, 3.05) is 26.7 Å². The van der Waals surface area contributed by atoms with Gasteiger partial charge in [0.05, 0.1) is 5.56 Å². The third-order valence-electron chi connectivity index (χ3n) is 4.42. The van der Waals surface area contributed by atoms with Crippen LogP contribution in [0.15, 0.2) is 24.3 Å². The number of nitrogens with zero attached hydrogens (tertiary/aromatic N) is 2. The first kappa shape index (κ1) is 17.8. The lowest BCUT2D eigenvalue weighted by molar-refractivity contribution is -0.137. The Hall–Kier alpha value is -1.56. The van der Waals surface area contributed by atoms with Crippen LogP contribution in [0.4, 0.5) is 13.2 Å². The van der Waals surface area contributed by atoms with Gasteiger partial charge in [0.25, 0.3) is 5.91 Å². The van der Waals surface area contributed by atoms with E-state index in [1.54, 1.807) is 11.9 Å². The number of amides is 1. The molecule has 0 radical (unpaired) electrons. The van der Waals surface area contributed by atoms with E-state index in [0.717, 1.165) is 38.2 Å². The summed E-state index contributed by atoms with van der Waals surface area (Å²) in [7, 11) is 1.67. The summed E-state index contributed by atoms with van der Waals surface area (Å²) in [6, 6.07) is 4.62. The molecule has 1 atom stereocenters. The molecule has 3 nitrogen and oxygen atoms in total. The Morgan fingerprint density at radius 3 is 2.43 bits per heavy atom. The average molecular weight is 328 g/mol. The molecule has 2 rings (SSSR count). The van der Waals surface area contributed by atoms with Crippen LogP contribution in [0.2, 0.25) is 0 Å². The first-order chi connectivity index (χ1) is 10.7. The van der Waals surface area contributed by atoms with Crippen molar-refractivity contribution in [2.45, 2.75) is 32.5 Å². The minimum atomic E-state index is -4.44. The van der Waals surface area contributed by atoms with E-state index in [0.29, 0.717) is 0 Å². The number of rotatable bonds is 5. The molecule has 1 aliphatic rings. The summed E-state index contributed by atoms with van der Waals surface area (Å²) >= 11 is 0. The Balaban J connectivity index is 2.16. The van der Waals surface area contributed by atoms with E-state index in [1.165, 1.54) is 12.1 Å². The molecular formula is C17H23F3N2O. The van der Waals surface area contributed by atoms with Gasteiger partial charge in [-0.2, -0.15) is 13.2 Å². The van der Waals surface area contributed by atoms with Gasteiger partial charge in [-0.3, -0.25) is 4.79 Å². The summed E-state index contributed by atoms with van der Waals surface area (Å²) in [5, 5.41) is 0. The van der Waals surface area contributed by atoms with E-state index in [-0.39, 0.29) is 23.4 Å². The number of likely N-dealkylation sites (tertiary alicyclic amines) is 1. The van der Waals surface area contributed by atoms with E-state index >= 15 is 0 Å². The molecule has 0 spiro atoms. The number of hydrogen-bond donors (Lipinski definition) is 0. The standard InChI is InChI=1S/C17H23F3N2O/c1-12(2)15(11-22-8-5-9-22)21(3)16(23)13-6-4-7-14(10-13)17(18,19)20/h4,6-7,10,12,15H,5,8-9,11H2,1-3H3/t15-/m1/s1. The predicted octanol–water partition coefficient (Wildman–Crippen LogP) is 3.51. The normalized spacial score (nSPS) is 17.0. The number of carbonyl (C=O) groups is 1. The number of carbonyl (C=O) groups excluding carboxylic acids is 1. The van der Waals surface area contributed by atoms with Gasteiger partial charge in [-0.1, -0.05) is 19.9 Å². The van der Waals surface area contributed by atoms with Crippen LogP contribution in [0.5, 0.6) is 0 Å². The van der Waals surface area contributed by atoms with Gasteiger partial charge in [0.15, 0.2) is 0 Å². The van der Waals surface area contributed by atoms with Crippen LogP contribution in [-0.4, -0.2) is 48.4 Å².